The Labute approximate surface area is 102 Å². The number of rotatable bonds is 3. The van der Waals surface area contributed by atoms with Gasteiger partial charge in [-0.3, -0.25) is 9.59 Å². The minimum atomic E-state index is -0.518. The van der Waals surface area contributed by atoms with E-state index in [0.717, 1.165) is 0 Å². The summed E-state index contributed by atoms with van der Waals surface area (Å²) >= 11 is 0. The predicted octanol–water partition coefficient (Wildman–Crippen LogP) is -0.664. The summed E-state index contributed by atoms with van der Waals surface area (Å²) in [6, 6.07) is 0. The SMILES string of the molecule is COC(=O)CNC(=O)c1cnc2ncnn2c1C. The molecule has 0 fully saturated rings. The van der Waals surface area contributed by atoms with Crippen LogP contribution in [0.5, 0.6) is 0 Å². The van der Waals surface area contributed by atoms with Crippen LogP contribution in [0, 0.1) is 6.92 Å². The summed E-state index contributed by atoms with van der Waals surface area (Å²) in [5.41, 5.74) is 0.928. The predicted molar refractivity (Wildman–Crippen MR) is 59.9 cm³/mol. The van der Waals surface area contributed by atoms with Crippen LogP contribution in [0.2, 0.25) is 0 Å². The van der Waals surface area contributed by atoms with Crippen LogP contribution in [-0.4, -0.2) is 45.1 Å². The number of carbonyl (C=O) groups is 2. The van der Waals surface area contributed by atoms with Crippen molar-refractivity contribution in [3.8, 4) is 0 Å². The molecule has 0 aliphatic carbocycles. The van der Waals surface area contributed by atoms with Gasteiger partial charge in [-0.2, -0.15) is 10.1 Å². The number of aromatic nitrogens is 4. The summed E-state index contributed by atoms with van der Waals surface area (Å²) in [5, 5.41) is 6.38. The zero-order valence-corrected chi connectivity index (χ0v) is 9.88. The highest BCUT2D eigenvalue weighted by Crippen LogP contribution is 2.06. The number of hydrogen-bond acceptors (Lipinski definition) is 6. The maximum Gasteiger partial charge on any atom is 0.325 e. The lowest BCUT2D eigenvalue weighted by Gasteiger charge is -2.06. The lowest BCUT2D eigenvalue weighted by atomic mass is 10.2. The van der Waals surface area contributed by atoms with Gasteiger partial charge in [0.05, 0.1) is 18.4 Å². The summed E-state index contributed by atoms with van der Waals surface area (Å²) in [4.78, 5) is 30.6. The Kier molecular flexibility index (Phi) is 3.18. The van der Waals surface area contributed by atoms with Gasteiger partial charge in [0.15, 0.2) is 0 Å². The third-order valence-electron chi connectivity index (χ3n) is 2.41. The first kappa shape index (κ1) is 12.0. The molecule has 0 unspecified atom stereocenters. The zero-order valence-electron chi connectivity index (χ0n) is 9.88. The zero-order chi connectivity index (χ0) is 13.1. The van der Waals surface area contributed by atoms with Crippen LogP contribution >= 0.6 is 0 Å². The Morgan fingerprint density at radius 2 is 2.22 bits per heavy atom. The summed E-state index contributed by atoms with van der Waals surface area (Å²) in [6.07, 6.45) is 2.75. The Balaban J connectivity index is 2.22. The van der Waals surface area contributed by atoms with Crippen LogP contribution < -0.4 is 5.32 Å². The average molecular weight is 249 g/mol. The lowest BCUT2D eigenvalue weighted by Crippen LogP contribution is -2.31. The molecule has 0 bridgehead atoms. The number of carbonyl (C=O) groups excluding carboxylic acids is 2. The van der Waals surface area contributed by atoms with Gasteiger partial charge in [-0.15, -0.1) is 0 Å². The van der Waals surface area contributed by atoms with Gasteiger partial charge in [0.1, 0.15) is 12.9 Å². The highest BCUT2D eigenvalue weighted by molar-refractivity contribution is 5.96. The first-order chi connectivity index (χ1) is 8.63. The average Bonchev–Trinajstić information content (AvgIpc) is 2.85. The van der Waals surface area contributed by atoms with Gasteiger partial charge in [0, 0.05) is 6.20 Å². The van der Waals surface area contributed by atoms with Crippen molar-refractivity contribution in [2.75, 3.05) is 13.7 Å². The van der Waals surface area contributed by atoms with Crippen molar-refractivity contribution in [3.63, 3.8) is 0 Å². The van der Waals surface area contributed by atoms with Crippen molar-refractivity contribution in [2.24, 2.45) is 0 Å². The van der Waals surface area contributed by atoms with Crippen molar-refractivity contribution in [3.05, 3.63) is 23.8 Å². The third-order valence-corrected chi connectivity index (χ3v) is 2.41. The molecule has 1 amide bonds. The van der Waals surface area contributed by atoms with E-state index in [0.29, 0.717) is 17.0 Å². The highest BCUT2D eigenvalue weighted by Gasteiger charge is 2.14. The molecule has 18 heavy (non-hydrogen) atoms. The topological polar surface area (TPSA) is 98.5 Å². The molecule has 2 heterocycles. The second kappa shape index (κ2) is 4.78. The summed E-state index contributed by atoms with van der Waals surface area (Å²) in [7, 11) is 1.25. The van der Waals surface area contributed by atoms with E-state index in [2.05, 4.69) is 25.1 Å². The fraction of sp³-hybridized carbons (Fsp3) is 0.300. The molecule has 8 heteroatoms. The number of fused-ring (bicyclic) bond motifs is 1. The van der Waals surface area contributed by atoms with Gasteiger partial charge in [-0.05, 0) is 6.92 Å². The molecular weight excluding hydrogens is 238 g/mol. The second-order valence-electron chi connectivity index (χ2n) is 3.49. The van der Waals surface area contributed by atoms with Crippen LogP contribution in [0.3, 0.4) is 0 Å². The van der Waals surface area contributed by atoms with E-state index >= 15 is 0 Å². The van der Waals surface area contributed by atoms with E-state index in [9.17, 15) is 9.59 Å². The Bertz CT molecular complexity index is 607. The van der Waals surface area contributed by atoms with E-state index in [4.69, 9.17) is 0 Å². The van der Waals surface area contributed by atoms with E-state index in [1.165, 1.54) is 24.1 Å². The van der Waals surface area contributed by atoms with Crippen molar-refractivity contribution >= 4 is 17.7 Å². The van der Waals surface area contributed by atoms with E-state index in [1.807, 2.05) is 0 Å². The standard InChI is InChI=1S/C10H11N5O3/c1-6-7(9(17)11-4-8(16)18-2)3-12-10-13-5-14-15(6)10/h3,5H,4H2,1-2H3,(H,11,17). The number of nitrogens with zero attached hydrogens (tertiary/aromatic N) is 4. The molecule has 94 valence electrons. The summed E-state index contributed by atoms with van der Waals surface area (Å²) in [6.45, 7) is 1.53. The monoisotopic (exact) mass is 249 g/mol. The minimum absolute atomic E-state index is 0.190. The molecule has 0 aliphatic heterocycles. The first-order valence-electron chi connectivity index (χ1n) is 5.14. The Morgan fingerprint density at radius 3 is 2.94 bits per heavy atom. The number of aryl methyl sites for hydroxylation is 1. The third kappa shape index (κ3) is 2.12. The smallest absolute Gasteiger partial charge is 0.325 e. The fourth-order valence-corrected chi connectivity index (χ4v) is 1.43. The molecule has 0 saturated carbocycles. The largest absolute Gasteiger partial charge is 0.468 e. The second-order valence-corrected chi connectivity index (χ2v) is 3.49. The van der Waals surface area contributed by atoms with Crippen LogP contribution in [0.15, 0.2) is 12.5 Å². The molecule has 0 atom stereocenters. The molecule has 8 nitrogen and oxygen atoms in total. The van der Waals surface area contributed by atoms with Crippen LogP contribution in [0.1, 0.15) is 16.1 Å². The van der Waals surface area contributed by atoms with Crippen molar-refractivity contribution in [1.82, 2.24) is 24.9 Å². The van der Waals surface area contributed by atoms with Gasteiger partial charge < -0.3 is 10.1 Å². The maximum atomic E-state index is 11.8. The van der Waals surface area contributed by atoms with E-state index in [1.54, 1.807) is 6.92 Å². The number of esters is 1. The van der Waals surface area contributed by atoms with Gasteiger partial charge >= 0.3 is 5.97 Å². The minimum Gasteiger partial charge on any atom is -0.468 e. The molecule has 2 aromatic heterocycles. The molecule has 0 spiro atoms. The van der Waals surface area contributed by atoms with Crippen LogP contribution in [0.4, 0.5) is 0 Å². The first-order valence-corrected chi connectivity index (χ1v) is 5.14. The molecular formula is C10H11N5O3. The Morgan fingerprint density at radius 1 is 1.44 bits per heavy atom. The van der Waals surface area contributed by atoms with E-state index < -0.39 is 11.9 Å². The molecule has 0 aromatic carbocycles. The number of hydrogen-bond donors (Lipinski definition) is 1. The van der Waals surface area contributed by atoms with Crippen molar-refractivity contribution in [1.29, 1.82) is 0 Å². The van der Waals surface area contributed by atoms with Crippen molar-refractivity contribution < 1.29 is 14.3 Å². The van der Waals surface area contributed by atoms with Gasteiger partial charge in [-0.25, -0.2) is 9.50 Å². The van der Waals surface area contributed by atoms with Gasteiger partial charge in [-0.1, -0.05) is 0 Å². The number of nitrogens with one attached hydrogen (secondary N) is 1. The molecule has 2 rings (SSSR count). The molecule has 0 aliphatic rings. The quantitative estimate of drug-likeness (QED) is 0.725. The van der Waals surface area contributed by atoms with Crippen LogP contribution in [0.25, 0.3) is 5.78 Å². The molecule has 2 aromatic rings. The fourth-order valence-electron chi connectivity index (χ4n) is 1.43. The van der Waals surface area contributed by atoms with Crippen LogP contribution in [-0.2, 0) is 9.53 Å². The maximum absolute atomic E-state index is 11.8. The summed E-state index contributed by atoms with van der Waals surface area (Å²) in [5.74, 6) is -0.518. The summed E-state index contributed by atoms with van der Waals surface area (Å²) < 4.78 is 5.88. The van der Waals surface area contributed by atoms with E-state index in [-0.39, 0.29) is 6.54 Å². The number of ether oxygens (including phenoxy) is 1. The molecule has 0 saturated heterocycles. The van der Waals surface area contributed by atoms with Crippen molar-refractivity contribution in [2.45, 2.75) is 6.92 Å². The highest BCUT2D eigenvalue weighted by atomic mass is 16.5. The number of amides is 1. The molecule has 0 radical (unpaired) electrons. The van der Waals surface area contributed by atoms with Gasteiger partial charge in [0.25, 0.3) is 11.7 Å². The van der Waals surface area contributed by atoms with Gasteiger partial charge in [0.2, 0.25) is 0 Å². The number of methoxy groups -OCH3 is 1. The lowest BCUT2D eigenvalue weighted by molar-refractivity contribution is -0.139. The Hall–Kier alpha value is -2.51. The normalized spacial score (nSPS) is 10.3. The molecule has 1 N–H and O–H groups in total.